The van der Waals surface area contributed by atoms with E-state index in [1.165, 1.54) is 0 Å². The Labute approximate surface area is 199 Å². The highest BCUT2D eigenvalue weighted by molar-refractivity contribution is 5.86. The van der Waals surface area contributed by atoms with Gasteiger partial charge in [-0.15, -0.1) is 0 Å². The van der Waals surface area contributed by atoms with Gasteiger partial charge in [0.25, 0.3) is 0 Å². The average Bonchev–Trinajstić information content (AvgIpc) is 3.16. The molecule has 0 aromatic heterocycles. The Bertz CT molecular complexity index is 1010. The first kappa shape index (κ1) is 23.8. The number of carboxylic acids is 1. The zero-order valence-corrected chi connectivity index (χ0v) is 19.5. The Morgan fingerprint density at radius 3 is 2.29 bits per heavy atom. The zero-order chi connectivity index (χ0) is 24.1. The topological polar surface area (TPSA) is 105 Å². The van der Waals surface area contributed by atoms with E-state index in [1.54, 1.807) is 0 Å². The molecule has 2 aromatic carbocycles. The van der Waals surface area contributed by atoms with E-state index in [2.05, 4.69) is 34.9 Å². The average molecular weight is 465 g/mol. The molecule has 2 aromatic rings. The molecule has 7 heteroatoms. The number of fused-ring (bicyclic) bond motifs is 3. The van der Waals surface area contributed by atoms with Crippen LogP contribution in [0.25, 0.3) is 11.1 Å². The molecule has 34 heavy (non-hydrogen) atoms. The van der Waals surface area contributed by atoms with Crippen molar-refractivity contribution in [2.24, 2.45) is 5.92 Å². The summed E-state index contributed by atoms with van der Waals surface area (Å²) in [6.45, 7) is 2.13. The van der Waals surface area contributed by atoms with Crippen LogP contribution in [-0.2, 0) is 14.3 Å². The number of carbonyl (C=O) groups is 3. The number of rotatable bonds is 8. The van der Waals surface area contributed by atoms with Crippen LogP contribution in [-0.4, -0.2) is 41.8 Å². The van der Waals surface area contributed by atoms with E-state index in [0.717, 1.165) is 35.1 Å². The van der Waals surface area contributed by atoms with Crippen LogP contribution in [0.1, 0.15) is 62.5 Å². The first-order valence-corrected chi connectivity index (χ1v) is 12.1. The smallest absolute Gasteiger partial charge is 0.407 e. The molecule has 1 saturated carbocycles. The molecule has 2 unspecified atom stereocenters. The highest BCUT2D eigenvalue weighted by atomic mass is 16.5. The lowest BCUT2D eigenvalue weighted by atomic mass is 9.85. The van der Waals surface area contributed by atoms with Gasteiger partial charge in [-0.25, -0.2) is 4.79 Å². The van der Waals surface area contributed by atoms with Crippen molar-refractivity contribution in [3.05, 3.63) is 59.7 Å². The van der Waals surface area contributed by atoms with Gasteiger partial charge in [-0.3, -0.25) is 9.59 Å². The van der Waals surface area contributed by atoms with E-state index in [0.29, 0.717) is 25.7 Å². The third kappa shape index (κ3) is 5.24. The van der Waals surface area contributed by atoms with Gasteiger partial charge in [0.1, 0.15) is 12.6 Å². The summed E-state index contributed by atoms with van der Waals surface area (Å²) >= 11 is 0. The predicted molar refractivity (Wildman–Crippen MR) is 128 cm³/mol. The summed E-state index contributed by atoms with van der Waals surface area (Å²) in [7, 11) is 0. The van der Waals surface area contributed by atoms with Gasteiger partial charge in [0.2, 0.25) is 5.91 Å². The van der Waals surface area contributed by atoms with Crippen molar-refractivity contribution in [3.63, 3.8) is 0 Å². The van der Waals surface area contributed by atoms with E-state index in [4.69, 9.17) is 4.74 Å². The third-order valence-corrected chi connectivity index (χ3v) is 6.90. The summed E-state index contributed by atoms with van der Waals surface area (Å²) < 4.78 is 5.60. The Hall–Kier alpha value is -3.35. The van der Waals surface area contributed by atoms with Crippen molar-refractivity contribution in [2.75, 3.05) is 6.61 Å². The van der Waals surface area contributed by atoms with Gasteiger partial charge in [0.15, 0.2) is 0 Å². The molecule has 0 saturated heterocycles. The quantitative estimate of drug-likeness (QED) is 0.535. The van der Waals surface area contributed by atoms with Crippen LogP contribution in [0.3, 0.4) is 0 Å². The number of aliphatic carboxylic acids is 1. The molecule has 7 nitrogen and oxygen atoms in total. The van der Waals surface area contributed by atoms with Gasteiger partial charge in [0.05, 0.1) is 5.92 Å². The second kappa shape index (κ2) is 10.7. The van der Waals surface area contributed by atoms with Crippen molar-refractivity contribution in [1.29, 1.82) is 0 Å². The molecule has 2 amide bonds. The molecule has 0 spiro atoms. The van der Waals surface area contributed by atoms with Gasteiger partial charge >= 0.3 is 12.1 Å². The normalized spacial score (nSPS) is 20.0. The van der Waals surface area contributed by atoms with Crippen molar-refractivity contribution in [2.45, 2.75) is 63.5 Å². The van der Waals surface area contributed by atoms with Crippen LogP contribution in [0.2, 0.25) is 0 Å². The molecule has 4 rings (SSSR count). The summed E-state index contributed by atoms with van der Waals surface area (Å²) in [6, 6.07) is 15.4. The Morgan fingerprint density at radius 1 is 1.03 bits per heavy atom. The van der Waals surface area contributed by atoms with E-state index in [9.17, 15) is 19.5 Å². The highest BCUT2D eigenvalue weighted by Gasteiger charge is 2.31. The molecular weight excluding hydrogens is 432 g/mol. The summed E-state index contributed by atoms with van der Waals surface area (Å²) in [5.41, 5.74) is 4.57. The Kier molecular flexibility index (Phi) is 7.50. The summed E-state index contributed by atoms with van der Waals surface area (Å²) in [6.07, 6.45) is 3.14. The van der Waals surface area contributed by atoms with E-state index < -0.39 is 24.0 Å². The van der Waals surface area contributed by atoms with Crippen molar-refractivity contribution < 1.29 is 24.2 Å². The molecule has 0 aliphatic heterocycles. The maximum atomic E-state index is 12.9. The third-order valence-electron chi connectivity index (χ3n) is 6.90. The van der Waals surface area contributed by atoms with Crippen molar-refractivity contribution in [3.8, 4) is 11.1 Å². The van der Waals surface area contributed by atoms with E-state index in [-0.39, 0.29) is 24.5 Å². The number of hydrogen-bond acceptors (Lipinski definition) is 4. The highest BCUT2D eigenvalue weighted by Crippen LogP contribution is 2.44. The Morgan fingerprint density at radius 2 is 1.68 bits per heavy atom. The summed E-state index contributed by atoms with van der Waals surface area (Å²) in [5, 5.41) is 15.0. The monoisotopic (exact) mass is 464 g/mol. The zero-order valence-electron chi connectivity index (χ0n) is 19.5. The fraction of sp³-hybridized carbons (Fsp3) is 0.444. The van der Waals surface area contributed by atoms with Gasteiger partial charge < -0.3 is 20.5 Å². The molecule has 3 N–H and O–H groups in total. The molecule has 0 radical (unpaired) electrons. The molecule has 2 aliphatic carbocycles. The lowest BCUT2D eigenvalue weighted by Crippen LogP contribution is -2.51. The largest absolute Gasteiger partial charge is 0.481 e. The van der Waals surface area contributed by atoms with Crippen LogP contribution in [0.4, 0.5) is 4.79 Å². The molecule has 1 fully saturated rings. The number of nitrogens with one attached hydrogen (secondary N) is 2. The van der Waals surface area contributed by atoms with E-state index >= 15 is 0 Å². The second-order valence-electron chi connectivity index (χ2n) is 9.22. The van der Waals surface area contributed by atoms with Gasteiger partial charge in [-0.05, 0) is 47.9 Å². The van der Waals surface area contributed by atoms with E-state index in [1.807, 2.05) is 31.2 Å². The molecule has 0 heterocycles. The number of amides is 2. The van der Waals surface area contributed by atoms with Crippen LogP contribution < -0.4 is 10.6 Å². The maximum absolute atomic E-state index is 12.9. The predicted octanol–water partition coefficient (Wildman–Crippen LogP) is 4.45. The lowest BCUT2D eigenvalue weighted by molar-refractivity contribution is -0.143. The number of carbonyl (C=O) groups excluding carboxylic acids is 2. The number of ether oxygens (including phenoxy) is 1. The number of benzene rings is 2. The van der Waals surface area contributed by atoms with Crippen LogP contribution in [0.5, 0.6) is 0 Å². The molecular formula is C27H32N2O5. The van der Waals surface area contributed by atoms with Gasteiger partial charge in [-0.2, -0.15) is 0 Å². The number of carboxylic acid groups (broad SMARTS) is 1. The van der Waals surface area contributed by atoms with Gasteiger partial charge in [0, 0.05) is 12.0 Å². The minimum Gasteiger partial charge on any atom is -0.481 e. The minimum atomic E-state index is -0.819. The molecule has 180 valence electrons. The summed E-state index contributed by atoms with van der Waals surface area (Å²) in [5.74, 6) is -1.59. The fourth-order valence-corrected chi connectivity index (χ4v) is 5.19. The SMILES string of the molecule is CCC[C@@H](NC(=O)OCC1c2ccccc2-c2ccccc21)C(=O)NC1CCCC(C(=O)O)C1. The summed E-state index contributed by atoms with van der Waals surface area (Å²) in [4.78, 5) is 36.8. The molecule has 3 atom stereocenters. The standard InChI is InChI=1S/C27H32N2O5/c1-2-8-24(25(30)28-18-10-7-9-17(15-18)26(31)32)29-27(33)34-16-23-21-13-5-3-11-19(21)20-12-4-6-14-22(20)23/h3-6,11-14,17-18,23-24H,2,7-10,15-16H2,1H3,(H,28,30)(H,29,33)(H,31,32)/t17?,18?,24-/m1/s1. The molecule has 0 bridgehead atoms. The first-order valence-electron chi connectivity index (χ1n) is 12.1. The van der Waals surface area contributed by atoms with Crippen LogP contribution >= 0.6 is 0 Å². The fourth-order valence-electron chi connectivity index (χ4n) is 5.19. The van der Waals surface area contributed by atoms with Crippen LogP contribution in [0.15, 0.2) is 48.5 Å². The second-order valence-corrected chi connectivity index (χ2v) is 9.22. The lowest BCUT2D eigenvalue weighted by Gasteiger charge is -2.29. The number of hydrogen-bond donors (Lipinski definition) is 3. The number of alkyl carbamates (subject to hydrolysis) is 1. The van der Waals surface area contributed by atoms with Gasteiger partial charge in [-0.1, -0.05) is 68.3 Å². The van der Waals surface area contributed by atoms with Crippen molar-refractivity contribution >= 4 is 18.0 Å². The molecule has 2 aliphatic rings. The minimum absolute atomic E-state index is 0.0493. The van der Waals surface area contributed by atoms with Crippen LogP contribution in [0, 0.1) is 5.92 Å². The van der Waals surface area contributed by atoms with Crippen molar-refractivity contribution in [1.82, 2.24) is 10.6 Å². The Balaban J connectivity index is 1.35. The maximum Gasteiger partial charge on any atom is 0.407 e. The first-order chi connectivity index (χ1) is 16.5.